The van der Waals surface area contributed by atoms with E-state index in [1.807, 2.05) is 139 Å². The summed E-state index contributed by atoms with van der Waals surface area (Å²) < 4.78 is 26.8. The van der Waals surface area contributed by atoms with Crippen LogP contribution in [-0.4, -0.2) is 54.4 Å². The van der Waals surface area contributed by atoms with Crippen molar-refractivity contribution in [1.29, 1.82) is 0 Å². The Bertz CT molecular complexity index is 10700. The van der Waals surface area contributed by atoms with Crippen molar-refractivity contribution in [3.05, 3.63) is 467 Å². The molecule has 0 saturated carbocycles. The van der Waals surface area contributed by atoms with E-state index in [2.05, 4.69) is 344 Å². The van der Waals surface area contributed by atoms with E-state index in [4.69, 9.17) is 53.1 Å². The highest BCUT2D eigenvalue weighted by Gasteiger charge is 2.37. The lowest BCUT2D eigenvalue weighted by atomic mass is 9.82. The summed E-state index contributed by atoms with van der Waals surface area (Å²) in [4.78, 5) is 50.2. The van der Waals surface area contributed by atoms with Gasteiger partial charge in [0.05, 0.1) is 11.2 Å². The Hall–Kier alpha value is -19.3. The minimum Gasteiger partial charge on any atom is -0.452 e. The van der Waals surface area contributed by atoms with Gasteiger partial charge in [0.1, 0.15) is 56.0 Å². The van der Waals surface area contributed by atoms with Crippen molar-refractivity contribution in [1.82, 2.24) is 54.4 Å². The number of furan rings is 3. The predicted octanol–water partition coefficient (Wildman–Crippen LogP) is 35.5. The summed E-state index contributed by atoms with van der Waals surface area (Å²) in [5.74, 6) is 1.90. The summed E-state index contributed by atoms with van der Waals surface area (Å²) in [5, 5.41) is 15.1. The molecule has 0 amide bonds. The van der Waals surface area contributed by atoms with Gasteiger partial charge in [-0.15, -0.1) is 22.7 Å². The van der Waals surface area contributed by atoms with Gasteiger partial charge in [0, 0.05) is 166 Å². The minimum absolute atomic E-state index is 0.159. The number of para-hydroxylation sites is 4. The molecule has 13 aromatic heterocycles. The van der Waals surface area contributed by atoms with E-state index in [0.717, 1.165) is 178 Å². The third kappa shape index (κ3) is 14.7. The number of benzene rings is 17. The largest absolute Gasteiger partial charge is 0.452 e. The molecule has 0 fully saturated rings. The summed E-state index contributed by atoms with van der Waals surface area (Å²) in [6, 6.07) is 146. The highest BCUT2D eigenvalue weighted by Crippen LogP contribution is 2.53. The normalized spacial score (nSPS) is 12.3. The van der Waals surface area contributed by atoms with E-state index in [9.17, 15) is 0 Å². The molecule has 1 aliphatic carbocycles. The molecular formula is C133H81N11O3S2. The Morgan fingerprint density at radius 2 is 0.705 bits per heavy atom. The van der Waals surface area contributed by atoms with Gasteiger partial charge in [0.25, 0.3) is 0 Å². The first kappa shape index (κ1) is 86.4. The number of hydrogen-bond acceptors (Lipinski definition) is 15. The fourth-order valence-corrected chi connectivity index (χ4v) is 24.6. The van der Waals surface area contributed by atoms with Gasteiger partial charge in [-0.25, -0.2) is 34.9 Å². The second kappa shape index (κ2) is 35.1. The van der Waals surface area contributed by atoms with E-state index in [0.29, 0.717) is 34.2 Å². The third-order valence-corrected chi connectivity index (χ3v) is 31.6. The Balaban J connectivity index is 0.000000106. The number of fused-ring (bicyclic) bond motifs is 24. The van der Waals surface area contributed by atoms with Crippen LogP contribution < -0.4 is 0 Å². The maximum atomic E-state index is 6.59. The van der Waals surface area contributed by atoms with Gasteiger partial charge in [-0.3, -0.25) is 19.5 Å². The SMILES string of the molecule is CC1(C)c2ccccc2-c2ccc(-c3nc(-c4cc(-c5cccnc5)cc(-n5c6ccccc6c6cccnc65)c4)nc4c3oc3ccccc34)cc21.c1ccc(-c2cc(-c3nc(-c4ccc5c(c4)sc4ccccc45)c4oc5ccccc5c4n3)cc(-c3cccc4c3sc3ccccc34)c2)nc1.c1ccc(-c2nc(-c3cc(-c4cccnc4)cc(-c4cc5ccccc5c5ccccc45)c3)nc3c2oc2ccccc23)cc1. The van der Waals surface area contributed by atoms with E-state index in [1.165, 1.54) is 89.7 Å². The molecule has 1 aliphatic rings. The molecule has 0 saturated heterocycles. The van der Waals surface area contributed by atoms with E-state index in [1.54, 1.807) is 23.7 Å². The smallest absolute Gasteiger partial charge is 0.180 e. The van der Waals surface area contributed by atoms with Crippen LogP contribution in [0.25, 0.3) is 291 Å². The molecule has 16 heteroatoms. The van der Waals surface area contributed by atoms with Gasteiger partial charge < -0.3 is 13.3 Å². The van der Waals surface area contributed by atoms with Gasteiger partial charge >= 0.3 is 0 Å². The Morgan fingerprint density at radius 3 is 1.36 bits per heavy atom. The fourth-order valence-electron chi connectivity index (χ4n) is 22.2. The molecule has 14 nitrogen and oxygen atoms in total. The molecule has 0 spiro atoms. The second-order valence-electron chi connectivity index (χ2n) is 38.4. The van der Waals surface area contributed by atoms with Crippen molar-refractivity contribution >= 4 is 173 Å². The van der Waals surface area contributed by atoms with Gasteiger partial charge in [0.2, 0.25) is 0 Å². The quantitative estimate of drug-likeness (QED) is 0.106. The molecule has 30 aromatic rings. The van der Waals surface area contributed by atoms with Crippen LogP contribution in [0.4, 0.5) is 0 Å². The van der Waals surface area contributed by atoms with Gasteiger partial charge in [0.15, 0.2) is 34.2 Å². The van der Waals surface area contributed by atoms with Crippen molar-refractivity contribution < 1.29 is 13.3 Å². The van der Waals surface area contributed by atoms with Crippen LogP contribution in [-0.2, 0) is 5.41 Å². The minimum atomic E-state index is -0.159. The number of thiophene rings is 2. The van der Waals surface area contributed by atoms with Crippen LogP contribution in [0.5, 0.6) is 0 Å². The highest BCUT2D eigenvalue weighted by atomic mass is 32.1. The zero-order chi connectivity index (χ0) is 98.5. The molecule has 13 heterocycles. The molecule has 0 radical (unpaired) electrons. The molecule has 31 rings (SSSR count). The molecule has 17 aromatic carbocycles. The maximum Gasteiger partial charge on any atom is 0.180 e. The molecule has 0 N–H and O–H groups in total. The van der Waals surface area contributed by atoms with E-state index < -0.39 is 0 Å². The average Bonchev–Trinajstić information content (AvgIpc) is 1.60. The first-order chi connectivity index (χ1) is 73.6. The van der Waals surface area contributed by atoms with Crippen LogP contribution in [0.2, 0.25) is 0 Å². The average molecular weight is 1950 g/mol. The number of hydrogen-bond donors (Lipinski definition) is 0. The molecule has 149 heavy (non-hydrogen) atoms. The Morgan fingerprint density at radius 1 is 0.248 bits per heavy atom. The lowest BCUT2D eigenvalue weighted by Crippen LogP contribution is -2.14. The number of rotatable bonds is 12. The van der Waals surface area contributed by atoms with Crippen molar-refractivity contribution in [3.63, 3.8) is 0 Å². The van der Waals surface area contributed by atoms with Crippen molar-refractivity contribution in [2.45, 2.75) is 19.3 Å². The van der Waals surface area contributed by atoms with Crippen LogP contribution in [0.1, 0.15) is 25.0 Å². The number of aromatic nitrogens is 11. The first-order valence-corrected chi connectivity index (χ1v) is 51.4. The summed E-state index contributed by atoms with van der Waals surface area (Å²) in [6.45, 7) is 4.61. The fraction of sp³-hybridized carbons (Fsp3) is 0.0226. The zero-order valence-corrected chi connectivity index (χ0v) is 81.9. The van der Waals surface area contributed by atoms with Gasteiger partial charge in [-0.1, -0.05) is 269 Å². The Labute approximate surface area is 860 Å². The molecule has 0 aliphatic heterocycles. The highest BCUT2D eigenvalue weighted by molar-refractivity contribution is 7.26. The number of pyridine rings is 4. The van der Waals surface area contributed by atoms with Gasteiger partial charge in [-0.2, -0.15) is 0 Å². The molecular weight excluding hydrogens is 1860 g/mol. The predicted molar refractivity (Wildman–Crippen MR) is 612 cm³/mol. The molecule has 0 unspecified atom stereocenters. The zero-order valence-electron chi connectivity index (χ0n) is 80.3. The molecule has 0 atom stereocenters. The maximum absolute atomic E-state index is 6.59. The Kier molecular flexibility index (Phi) is 20.3. The van der Waals surface area contributed by atoms with Crippen molar-refractivity contribution in [2.75, 3.05) is 0 Å². The topological polar surface area (TPSA) is 173 Å². The van der Waals surface area contributed by atoms with Crippen molar-refractivity contribution in [2.24, 2.45) is 0 Å². The monoisotopic (exact) mass is 1940 g/mol. The molecule has 0 bridgehead atoms. The van der Waals surface area contributed by atoms with Crippen LogP contribution >= 0.6 is 22.7 Å². The summed E-state index contributed by atoms with van der Waals surface area (Å²) in [7, 11) is 0. The van der Waals surface area contributed by atoms with E-state index in [-0.39, 0.29) is 5.41 Å². The summed E-state index contributed by atoms with van der Waals surface area (Å²) in [5.41, 5.74) is 33.3. The van der Waals surface area contributed by atoms with Crippen LogP contribution in [0.15, 0.2) is 469 Å². The van der Waals surface area contributed by atoms with Crippen LogP contribution in [0, 0.1) is 0 Å². The van der Waals surface area contributed by atoms with Crippen molar-refractivity contribution in [3.8, 4) is 141 Å². The standard InChI is InChI=1S/C47H31N5O.C45H25N3OS2.C41H25N3O/c1-47(2)38-16-6-3-12-33(38)34-20-19-28(26-39(34)47)42-44-43(37-14-5-8-18-41(37)53-44)51-45(50-42)31-23-30(29-11-9-21-48-27-29)24-32(25-31)52-40-17-7-4-13-35(40)36-15-10-22-49-46(36)52;1-4-16-37-35(12-1)42-43(49-37)41(26-19-20-33-31-10-2-5-17-38(31)50-40(33)25-26)47-45(48-42)29-23-27(22-28(24-29)36-15-7-8-21-46-36)30-13-9-14-34-32-11-3-6-18-39(32)51-44(30)34;1-2-11-26(12-3-1)38-40-39(35-18-8-9-19-37(35)45-40)44-41(43-38)31-22-29(28-14-10-20-42-25-28)21-30(23-31)36-24-27-13-4-5-15-32(27)33-16-6-7-17-34(33)36/h3-27H,1-2H3;1-25H;1-25H. The molecule has 698 valence electrons. The summed E-state index contributed by atoms with van der Waals surface area (Å²) >= 11 is 3.64. The summed E-state index contributed by atoms with van der Waals surface area (Å²) in [6.07, 6.45) is 11.1. The lowest BCUT2D eigenvalue weighted by Gasteiger charge is -2.22. The third-order valence-electron chi connectivity index (χ3n) is 29.2. The second-order valence-corrected chi connectivity index (χ2v) is 40.5. The number of nitrogens with zero attached hydrogens (tertiary/aromatic N) is 11. The van der Waals surface area contributed by atoms with Gasteiger partial charge in [-0.05, 0) is 241 Å². The lowest BCUT2D eigenvalue weighted by molar-refractivity contribution is 0.659. The van der Waals surface area contributed by atoms with Crippen LogP contribution in [0.3, 0.4) is 0 Å². The first-order valence-electron chi connectivity index (χ1n) is 49.7. The van der Waals surface area contributed by atoms with E-state index >= 15 is 0 Å².